The molecule has 0 bridgehead atoms. The summed E-state index contributed by atoms with van der Waals surface area (Å²) in [6.45, 7) is 15.9. The molecule has 0 aliphatic carbocycles. The van der Waals surface area contributed by atoms with E-state index in [0.717, 1.165) is 6.16 Å². The molecule has 76 valence electrons. The largest absolute Gasteiger partial charge is 0.316 e. The van der Waals surface area contributed by atoms with Crippen molar-refractivity contribution in [3.05, 3.63) is 11.4 Å². The molecule has 0 aromatic heterocycles. The van der Waals surface area contributed by atoms with E-state index in [-0.39, 0.29) is 0 Å². The zero-order valence-corrected chi connectivity index (χ0v) is 10.4. The fourth-order valence-corrected chi connectivity index (χ4v) is 4.12. The Bertz CT molecular complexity index is 169. The van der Waals surface area contributed by atoms with Gasteiger partial charge in [-0.25, -0.2) is 6.57 Å². The zero-order valence-electron chi connectivity index (χ0n) is 8.79. The molecule has 0 rings (SSSR count). The van der Waals surface area contributed by atoms with Crippen molar-refractivity contribution in [2.75, 3.05) is 12.7 Å². The zero-order chi connectivity index (χ0) is 10.4. The molecule has 2 nitrogen and oxygen atoms in total. The Morgan fingerprint density at radius 1 is 1.31 bits per heavy atom. The summed E-state index contributed by atoms with van der Waals surface area (Å²) in [5.41, 5.74) is 0. The second kappa shape index (κ2) is 6.60. The Kier molecular flexibility index (Phi) is 6.68. The first-order valence-electron chi connectivity index (χ1n) is 4.55. The van der Waals surface area contributed by atoms with E-state index in [1.807, 2.05) is 0 Å². The maximum atomic E-state index is 6.71. The molecule has 0 amide bonds. The van der Waals surface area contributed by atoms with Gasteiger partial charge in [0.1, 0.15) is 0 Å². The molecule has 0 aromatic rings. The summed E-state index contributed by atoms with van der Waals surface area (Å²) in [5, 5.41) is 0. The Morgan fingerprint density at radius 3 is 2.08 bits per heavy atom. The Balaban J connectivity index is 4.13. The van der Waals surface area contributed by atoms with Gasteiger partial charge in [-0.2, -0.15) is 0 Å². The number of hydrogen-bond acceptors (Lipinski definition) is 1. The van der Waals surface area contributed by atoms with Gasteiger partial charge in [0.05, 0.1) is 13.6 Å². The average Bonchev–Trinajstić information content (AvgIpc) is 1.99. The fraction of sp³-hybridized carbons (Fsp3) is 0.889. The summed E-state index contributed by atoms with van der Waals surface area (Å²) in [4.78, 5) is 3.33. The van der Waals surface area contributed by atoms with E-state index in [1.54, 1.807) is 0 Å². The van der Waals surface area contributed by atoms with Gasteiger partial charge >= 0.3 is 0 Å². The van der Waals surface area contributed by atoms with Crippen LogP contribution in [0.2, 0.25) is 0 Å². The Hall–Kier alpha value is 0.170. The van der Waals surface area contributed by atoms with Crippen molar-refractivity contribution in [1.29, 1.82) is 0 Å². The molecule has 1 unspecified atom stereocenters. The van der Waals surface area contributed by atoms with Gasteiger partial charge in [-0.3, -0.25) is 4.67 Å². The maximum Gasteiger partial charge on any atom is 0.220 e. The van der Waals surface area contributed by atoms with Crippen LogP contribution in [0.1, 0.15) is 27.7 Å². The van der Waals surface area contributed by atoms with E-state index in [1.165, 1.54) is 0 Å². The van der Waals surface area contributed by atoms with Crippen LogP contribution < -0.4 is 0 Å². The molecule has 0 saturated heterocycles. The first-order chi connectivity index (χ1) is 6.00. The van der Waals surface area contributed by atoms with E-state index in [9.17, 15) is 0 Å². The predicted octanol–water partition coefficient (Wildman–Crippen LogP) is 3.58. The van der Waals surface area contributed by atoms with E-state index in [2.05, 4.69) is 37.2 Å². The van der Waals surface area contributed by atoms with Crippen molar-refractivity contribution in [2.45, 2.75) is 39.8 Å². The lowest BCUT2D eigenvalue weighted by molar-refractivity contribution is 0.326. The van der Waals surface area contributed by atoms with Crippen LogP contribution in [-0.2, 0) is 0 Å². The molecule has 0 aromatic carbocycles. The van der Waals surface area contributed by atoms with Gasteiger partial charge in [0.25, 0.3) is 0 Å². The Morgan fingerprint density at radius 2 is 1.77 bits per heavy atom. The summed E-state index contributed by atoms with van der Waals surface area (Å²) in [7, 11) is -0.637. The normalized spacial score (nSPS) is 13.8. The third-order valence-corrected chi connectivity index (χ3v) is 4.73. The lowest BCUT2D eigenvalue weighted by Gasteiger charge is -2.33. The minimum atomic E-state index is -0.637. The van der Waals surface area contributed by atoms with Crippen LogP contribution in [0.4, 0.5) is 0 Å². The minimum absolute atomic E-state index is 0.467. The molecule has 0 saturated carbocycles. The topological polar surface area (TPSA) is 7.60 Å². The van der Waals surface area contributed by atoms with Gasteiger partial charge in [-0.05, 0) is 27.7 Å². The highest BCUT2D eigenvalue weighted by Gasteiger charge is 2.22. The smallest absolute Gasteiger partial charge is 0.220 e. The van der Waals surface area contributed by atoms with Crippen LogP contribution in [0.15, 0.2) is 0 Å². The fourth-order valence-electron chi connectivity index (χ4n) is 1.35. The highest BCUT2D eigenvalue weighted by Crippen LogP contribution is 2.47. The highest BCUT2D eigenvalue weighted by atomic mass is 35.7. The summed E-state index contributed by atoms with van der Waals surface area (Å²) < 4.78 is 2.29. The second-order valence-corrected chi connectivity index (χ2v) is 6.26. The van der Waals surface area contributed by atoms with Crippen LogP contribution >= 0.6 is 18.7 Å². The van der Waals surface area contributed by atoms with Crippen molar-refractivity contribution in [2.24, 2.45) is 0 Å². The summed E-state index contributed by atoms with van der Waals surface area (Å²) in [6.07, 6.45) is 0.816. The lowest BCUT2D eigenvalue weighted by Crippen LogP contribution is -2.31. The number of rotatable bonds is 5. The molecule has 0 fully saturated rings. The molecule has 0 radical (unpaired) electrons. The molecule has 4 heteroatoms. The second-order valence-electron chi connectivity index (χ2n) is 3.51. The number of halogens is 1. The van der Waals surface area contributed by atoms with Crippen LogP contribution in [0, 0.1) is 6.57 Å². The van der Waals surface area contributed by atoms with Crippen molar-refractivity contribution >= 4 is 18.7 Å². The quantitative estimate of drug-likeness (QED) is 0.508. The van der Waals surface area contributed by atoms with Crippen molar-refractivity contribution in [1.82, 2.24) is 4.67 Å². The first kappa shape index (κ1) is 13.2. The summed E-state index contributed by atoms with van der Waals surface area (Å²) in [6, 6.07) is 0.934. The molecular formula is C9H18ClN2P. The predicted molar refractivity (Wildman–Crippen MR) is 61.2 cm³/mol. The van der Waals surface area contributed by atoms with Gasteiger partial charge in [0.15, 0.2) is 0 Å². The molecular weight excluding hydrogens is 203 g/mol. The van der Waals surface area contributed by atoms with Crippen molar-refractivity contribution in [3.8, 4) is 0 Å². The highest BCUT2D eigenvalue weighted by molar-refractivity contribution is 7.82. The van der Waals surface area contributed by atoms with Crippen LogP contribution in [0.5, 0.6) is 0 Å². The molecule has 0 N–H and O–H groups in total. The number of hydrogen-bond donors (Lipinski definition) is 0. The monoisotopic (exact) mass is 220 g/mol. The van der Waals surface area contributed by atoms with Gasteiger partial charge in [-0.15, -0.1) is 0 Å². The van der Waals surface area contributed by atoms with E-state index < -0.39 is 7.43 Å². The maximum absolute atomic E-state index is 6.71. The summed E-state index contributed by atoms with van der Waals surface area (Å²) >= 11 is 6.26. The third-order valence-electron chi connectivity index (χ3n) is 1.71. The van der Waals surface area contributed by atoms with Crippen LogP contribution in [-0.4, -0.2) is 29.5 Å². The van der Waals surface area contributed by atoms with E-state index >= 15 is 0 Å². The third kappa shape index (κ3) is 4.81. The lowest BCUT2D eigenvalue weighted by atomic mass is 10.3. The molecule has 0 spiro atoms. The minimum Gasteiger partial charge on any atom is -0.316 e. The molecule has 0 heterocycles. The standard InChI is InChI=1S/C9H18ClN2P/c1-8(2)12(9(3)4)13(10)7-6-11-5/h8-9H,6-7H2,1-4H3. The van der Waals surface area contributed by atoms with Gasteiger partial charge in [-0.1, -0.05) is 11.2 Å². The van der Waals surface area contributed by atoms with Crippen molar-refractivity contribution in [3.63, 3.8) is 0 Å². The van der Waals surface area contributed by atoms with Crippen molar-refractivity contribution < 1.29 is 0 Å². The van der Waals surface area contributed by atoms with Crippen LogP contribution in [0.3, 0.4) is 0 Å². The van der Waals surface area contributed by atoms with Crippen LogP contribution in [0.25, 0.3) is 4.85 Å². The molecule has 1 atom stereocenters. The van der Waals surface area contributed by atoms with E-state index in [0.29, 0.717) is 18.6 Å². The molecule has 0 aliphatic heterocycles. The van der Waals surface area contributed by atoms with Gasteiger partial charge in [0, 0.05) is 12.1 Å². The SMILES string of the molecule is [C-]#[N+]CCP(Cl)N(C(C)C)C(C)C. The molecule has 0 aliphatic rings. The summed E-state index contributed by atoms with van der Waals surface area (Å²) in [5.74, 6) is 0. The first-order valence-corrected chi connectivity index (χ1v) is 6.94. The average molecular weight is 221 g/mol. The Labute approximate surface area is 87.7 Å². The van der Waals surface area contributed by atoms with E-state index in [4.69, 9.17) is 17.8 Å². The van der Waals surface area contributed by atoms with Gasteiger partial charge in [0.2, 0.25) is 6.54 Å². The number of nitrogens with zero attached hydrogens (tertiary/aromatic N) is 2. The van der Waals surface area contributed by atoms with Gasteiger partial charge < -0.3 is 4.85 Å². The molecule has 13 heavy (non-hydrogen) atoms.